The van der Waals surface area contributed by atoms with Crippen LogP contribution >= 0.6 is 0 Å². The van der Waals surface area contributed by atoms with Gasteiger partial charge in [-0.15, -0.1) is 0 Å². The molecule has 4 aromatic rings. The zero-order valence-electron chi connectivity index (χ0n) is 21.9. The number of nitrogens with one attached hydrogen (secondary N) is 3. The summed E-state index contributed by atoms with van der Waals surface area (Å²) in [5.41, 5.74) is 8.03. The third-order valence-corrected chi connectivity index (χ3v) is 6.94. The lowest BCUT2D eigenvalue weighted by atomic mass is 10.0. The number of imide groups is 1. The van der Waals surface area contributed by atoms with Crippen LogP contribution in [0.2, 0.25) is 0 Å². The molecule has 5 amide bonds. The average molecular weight is 539 g/mol. The van der Waals surface area contributed by atoms with Gasteiger partial charge in [-0.1, -0.05) is 49.2 Å². The molecule has 1 aliphatic heterocycles. The van der Waals surface area contributed by atoms with Crippen LogP contribution in [0.4, 0.5) is 10.5 Å². The molecule has 0 aliphatic carbocycles. The number of urea groups is 1. The number of primary amides is 1. The lowest BCUT2D eigenvalue weighted by Gasteiger charge is -2.18. The SMILES string of the molecule is NC(=O)CCCCC[C@H](NC(=O)c1ccc(N2CC(=O)NC2=O)cc1)c1ncc(-c2ccc3ccccc3c2)[nH]1. The van der Waals surface area contributed by atoms with Crippen LogP contribution in [-0.2, 0) is 9.59 Å². The molecule has 0 bridgehead atoms. The van der Waals surface area contributed by atoms with Gasteiger partial charge in [0, 0.05) is 23.2 Å². The zero-order chi connectivity index (χ0) is 28.1. The molecule has 0 unspecified atom stereocenters. The quantitative estimate of drug-likeness (QED) is 0.167. The van der Waals surface area contributed by atoms with Gasteiger partial charge in [0.15, 0.2) is 0 Å². The second kappa shape index (κ2) is 11.8. The Balaban J connectivity index is 1.32. The van der Waals surface area contributed by atoms with Crippen molar-refractivity contribution in [3.8, 4) is 11.3 Å². The number of nitrogens with zero attached hydrogens (tertiary/aromatic N) is 2. The van der Waals surface area contributed by atoms with Gasteiger partial charge in [0.25, 0.3) is 5.91 Å². The standard InChI is InChI=1S/C30H30N6O4/c31-26(37)9-3-1-2-8-24(28-32-17-25(33-28)22-11-10-19-6-4-5-7-21(19)16-22)34-29(39)20-12-14-23(15-13-20)36-18-27(38)35-30(36)40/h4-7,10-17,24H,1-3,8-9,18H2,(H2,31,37)(H,32,33)(H,34,39)(H,35,38,40)/t24-/m0/s1. The van der Waals surface area contributed by atoms with Gasteiger partial charge in [-0.25, -0.2) is 9.78 Å². The maximum absolute atomic E-state index is 13.2. The number of aromatic nitrogens is 2. The van der Waals surface area contributed by atoms with Crippen LogP contribution in [-0.4, -0.2) is 40.3 Å². The molecule has 3 aromatic carbocycles. The lowest BCUT2D eigenvalue weighted by molar-refractivity contribution is -0.118. The van der Waals surface area contributed by atoms with E-state index in [9.17, 15) is 19.2 Å². The van der Waals surface area contributed by atoms with E-state index in [2.05, 4.69) is 44.9 Å². The van der Waals surface area contributed by atoms with Gasteiger partial charge in [-0.05, 0) is 53.9 Å². The van der Waals surface area contributed by atoms with E-state index < -0.39 is 12.1 Å². The van der Waals surface area contributed by atoms with Gasteiger partial charge in [0.05, 0.1) is 17.9 Å². The summed E-state index contributed by atoms with van der Waals surface area (Å²) in [4.78, 5) is 57.1. The molecule has 1 aliphatic rings. The topological polar surface area (TPSA) is 150 Å². The highest BCUT2D eigenvalue weighted by Gasteiger charge is 2.28. The molecule has 1 fully saturated rings. The second-order valence-corrected chi connectivity index (χ2v) is 9.82. The Morgan fingerprint density at radius 2 is 1.75 bits per heavy atom. The molecule has 0 radical (unpaired) electrons. The van der Waals surface area contributed by atoms with Crippen molar-refractivity contribution in [3.63, 3.8) is 0 Å². The number of aromatic amines is 1. The first-order chi connectivity index (χ1) is 19.4. The van der Waals surface area contributed by atoms with Crippen molar-refractivity contribution in [2.24, 2.45) is 5.73 Å². The second-order valence-electron chi connectivity index (χ2n) is 9.82. The van der Waals surface area contributed by atoms with E-state index >= 15 is 0 Å². The molecular weight excluding hydrogens is 508 g/mol. The van der Waals surface area contributed by atoms with E-state index in [1.165, 1.54) is 4.90 Å². The highest BCUT2D eigenvalue weighted by atomic mass is 16.2. The smallest absolute Gasteiger partial charge is 0.329 e. The lowest BCUT2D eigenvalue weighted by Crippen LogP contribution is -2.30. The Bertz CT molecular complexity index is 1560. The van der Waals surface area contributed by atoms with Gasteiger partial charge in [0.2, 0.25) is 11.8 Å². The monoisotopic (exact) mass is 538 g/mol. The van der Waals surface area contributed by atoms with Crippen LogP contribution in [0.15, 0.2) is 72.9 Å². The Labute approximate surface area is 231 Å². The molecule has 0 saturated carbocycles. The summed E-state index contributed by atoms with van der Waals surface area (Å²) in [6.07, 6.45) is 4.95. The van der Waals surface area contributed by atoms with Crippen LogP contribution in [0.1, 0.15) is 54.3 Å². The predicted octanol–water partition coefficient (Wildman–Crippen LogP) is 4.19. The maximum atomic E-state index is 13.2. The fraction of sp³-hybridized carbons (Fsp3) is 0.233. The third kappa shape index (κ3) is 6.17. The highest BCUT2D eigenvalue weighted by Crippen LogP contribution is 2.26. The van der Waals surface area contributed by atoms with E-state index in [1.54, 1.807) is 30.5 Å². The molecule has 2 heterocycles. The van der Waals surface area contributed by atoms with Crippen molar-refractivity contribution in [2.45, 2.75) is 38.1 Å². The Morgan fingerprint density at radius 3 is 2.48 bits per heavy atom. The number of amides is 5. The van der Waals surface area contributed by atoms with Gasteiger partial charge < -0.3 is 16.0 Å². The minimum absolute atomic E-state index is 0.0553. The first kappa shape index (κ1) is 26.6. The molecule has 204 valence electrons. The van der Waals surface area contributed by atoms with E-state index in [1.807, 2.05) is 18.2 Å². The Morgan fingerprint density at radius 1 is 0.975 bits per heavy atom. The fourth-order valence-electron chi connectivity index (χ4n) is 4.80. The number of carbonyl (C=O) groups excluding carboxylic acids is 4. The Hall–Kier alpha value is -4.99. The first-order valence-electron chi connectivity index (χ1n) is 13.2. The van der Waals surface area contributed by atoms with Crippen LogP contribution in [0.5, 0.6) is 0 Å². The third-order valence-electron chi connectivity index (χ3n) is 6.94. The number of hydrogen-bond donors (Lipinski definition) is 4. The van der Waals surface area contributed by atoms with Gasteiger partial charge in [0.1, 0.15) is 12.4 Å². The molecule has 1 atom stereocenters. The Kier molecular flexibility index (Phi) is 7.86. The number of rotatable bonds is 11. The highest BCUT2D eigenvalue weighted by molar-refractivity contribution is 6.12. The largest absolute Gasteiger partial charge is 0.370 e. The van der Waals surface area contributed by atoms with Crippen molar-refractivity contribution < 1.29 is 19.2 Å². The number of hydrogen-bond acceptors (Lipinski definition) is 5. The molecule has 5 rings (SSSR count). The fourth-order valence-corrected chi connectivity index (χ4v) is 4.80. The summed E-state index contributed by atoms with van der Waals surface area (Å²) in [5.74, 6) is -0.350. The number of H-pyrrole nitrogens is 1. The van der Waals surface area contributed by atoms with Gasteiger partial charge >= 0.3 is 6.03 Å². The molecule has 10 nitrogen and oxygen atoms in total. The summed E-state index contributed by atoms with van der Waals surface area (Å²) in [7, 11) is 0. The van der Waals surface area contributed by atoms with E-state index in [4.69, 9.17) is 5.73 Å². The van der Waals surface area contributed by atoms with E-state index in [-0.39, 0.29) is 24.3 Å². The minimum Gasteiger partial charge on any atom is -0.370 e. The normalized spacial score (nSPS) is 13.8. The number of fused-ring (bicyclic) bond motifs is 1. The summed E-state index contributed by atoms with van der Waals surface area (Å²) < 4.78 is 0. The zero-order valence-corrected chi connectivity index (χ0v) is 21.9. The van der Waals surface area contributed by atoms with Crippen molar-refractivity contribution in [3.05, 3.63) is 84.3 Å². The molecule has 5 N–H and O–H groups in total. The van der Waals surface area contributed by atoms with Crippen LogP contribution < -0.4 is 21.3 Å². The van der Waals surface area contributed by atoms with Gasteiger partial charge in [-0.3, -0.25) is 24.6 Å². The number of imidazole rings is 1. The minimum atomic E-state index is -0.487. The number of benzene rings is 3. The van der Waals surface area contributed by atoms with Gasteiger partial charge in [-0.2, -0.15) is 0 Å². The summed E-state index contributed by atoms with van der Waals surface area (Å²) >= 11 is 0. The number of carbonyl (C=O) groups is 4. The van der Waals surface area contributed by atoms with Crippen LogP contribution in [0.25, 0.3) is 22.0 Å². The van der Waals surface area contributed by atoms with Crippen molar-refractivity contribution in [1.29, 1.82) is 0 Å². The molecular formula is C30H30N6O4. The first-order valence-corrected chi connectivity index (χ1v) is 13.2. The number of anilines is 1. The molecule has 1 aromatic heterocycles. The van der Waals surface area contributed by atoms with Crippen LogP contribution in [0.3, 0.4) is 0 Å². The summed E-state index contributed by atoms with van der Waals surface area (Å²) in [5, 5.41) is 7.58. The summed E-state index contributed by atoms with van der Waals surface area (Å²) in [6, 6.07) is 20.0. The van der Waals surface area contributed by atoms with Crippen molar-refractivity contribution in [2.75, 3.05) is 11.4 Å². The van der Waals surface area contributed by atoms with Crippen LogP contribution in [0, 0.1) is 0 Å². The van der Waals surface area contributed by atoms with Crippen molar-refractivity contribution >= 4 is 40.2 Å². The number of unbranched alkanes of at least 4 members (excludes halogenated alkanes) is 2. The predicted molar refractivity (Wildman–Crippen MR) is 151 cm³/mol. The van der Waals surface area contributed by atoms with Crippen molar-refractivity contribution in [1.82, 2.24) is 20.6 Å². The average Bonchev–Trinajstić information content (AvgIpc) is 3.58. The molecule has 40 heavy (non-hydrogen) atoms. The summed E-state index contributed by atoms with van der Waals surface area (Å²) in [6.45, 7) is -0.0553. The molecule has 1 saturated heterocycles. The molecule has 10 heteroatoms. The number of nitrogens with two attached hydrogens (primary N) is 1. The molecule has 0 spiro atoms. The van der Waals surface area contributed by atoms with E-state index in [0.29, 0.717) is 36.3 Å². The maximum Gasteiger partial charge on any atom is 0.329 e. The van der Waals surface area contributed by atoms with E-state index in [0.717, 1.165) is 34.9 Å².